The summed E-state index contributed by atoms with van der Waals surface area (Å²) in [4.78, 5) is 0. The Morgan fingerprint density at radius 1 is 1.42 bits per heavy atom. The summed E-state index contributed by atoms with van der Waals surface area (Å²) in [7, 11) is -0.571. The first-order chi connectivity index (χ1) is 5.52. The summed E-state index contributed by atoms with van der Waals surface area (Å²) in [5.41, 5.74) is 0. The first kappa shape index (κ1) is 10.2. The zero-order valence-corrected chi connectivity index (χ0v) is 9.84. The van der Waals surface area contributed by atoms with Gasteiger partial charge < -0.3 is 10.1 Å². The Hall–Kier alpha value is 0.137. The van der Waals surface area contributed by atoms with Crippen molar-refractivity contribution in [1.29, 1.82) is 0 Å². The molecular formula is C9H21NOSi. The van der Waals surface area contributed by atoms with E-state index in [4.69, 9.17) is 4.74 Å². The Balaban J connectivity index is 2.19. The van der Waals surface area contributed by atoms with Crippen LogP contribution in [0, 0.1) is 0 Å². The average Bonchev–Trinajstić information content (AvgIpc) is 1.83. The summed E-state index contributed by atoms with van der Waals surface area (Å²) < 4.78 is 5.78. The maximum Gasteiger partial charge on any atom is 0.0823 e. The van der Waals surface area contributed by atoms with Crippen LogP contribution in [0.1, 0.15) is 13.8 Å². The van der Waals surface area contributed by atoms with Gasteiger partial charge in [-0.25, -0.2) is 0 Å². The minimum Gasteiger partial charge on any atom is -0.375 e. The van der Waals surface area contributed by atoms with Gasteiger partial charge in [-0.3, -0.25) is 0 Å². The molecule has 0 atom stereocenters. The largest absolute Gasteiger partial charge is 0.375 e. The molecule has 12 heavy (non-hydrogen) atoms. The van der Waals surface area contributed by atoms with Crippen molar-refractivity contribution in [1.82, 2.24) is 5.32 Å². The summed E-state index contributed by atoms with van der Waals surface area (Å²) in [6, 6.07) is 0. The molecule has 3 heteroatoms. The topological polar surface area (TPSA) is 21.3 Å². The monoisotopic (exact) mass is 187 g/mol. The number of nitrogens with one attached hydrogen (secondary N) is 1. The fourth-order valence-electron chi connectivity index (χ4n) is 0.879. The van der Waals surface area contributed by atoms with Crippen LogP contribution in [0.15, 0.2) is 0 Å². The van der Waals surface area contributed by atoms with E-state index in [1.807, 2.05) is 0 Å². The molecule has 0 saturated carbocycles. The molecule has 0 amide bonds. The van der Waals surface area contributed by atoms with Crippen molar-refractivity contribution in [2.24, 2.45) is 0 Å². The van der Waals surface area contributed by atoms with Crippen molar-refractivity contribution < 1.29 is 4.74 Å². The third-order valence-electron chi connectivity index (χ3n) is 3.00. The predicted octanol–water partition coefficient (Wildman–Crippen LogP) is 1.24. The second-order valence-corrected chi connectivity index (χ2v) is 8.61. The van der Waals surface area contributed by atoms with Gasteiger partial charge in [0.05, 0.1) is 6.10 Å². The maximum atomic E-state index is 5.78. The third kappa shape index (κ3) is 2.57. The van der Waals surface area contributed by atoms with Gasteiger partial charge >= 0.3 is 0 Å². The van der Waals surface area contributed by atoms with Gasteiger partial charge in [0.1, 0.15) is 0 Å². The summed E-state index contributed by atoms with van der Waals surface area (Å²) in [6.45, 7) is 12.5. The standard InChI is InChI=1S/C9H21NOSi/c1-9(2,12(3)4)7-11-8-5-10-6-8/h8,10,12H,5-7H2,1-4H3. The first-order valence-electron chi connectivity index (χ1n) is 4.84. The highest BCUT2D eigenvalue weighted by Gasteiger charge is 2.26. The minimum atomic E-state index is -0.571. The third-order valence-corrected chi connectivity index (χ3v) is 6.29. The lowest BCUT2D eigenvalue weighted by molar-refractivity contribution is 0.00728. The Kier molecular flexibility index (Phi) is 3.32. The van der Waals surface area contributed by atoms with Gasteiger partial charge in [-0.2, -0.15) is 0 Å². The van der Waals surface area contributed by atoms with Gasteiger partial charge in [0.15, 0.2) is 0 Å². The van der Waals surface area contributed by atoms with Crippen LogP contribution in [0.4, 0.5) is 0 Å². The predicted molar refractivity (Wildman–Crippen MR) is 55.5 cm³/mol. The number of hydrogen-bond acceptors (Lipinski definition) is 2. The number of rotatable bonds is 4. The van der Waals surface area contributed by atoms with Gasteiger partial charge in [0.25, 0.3) is 0 Å². The molecule has 0 aliphatic carbocycles. The van der Waals surface area contributed by atoms with Gasteiger partial charge in [-0.05, 0) is 5.04 Å². The molecule has 1 N–H and O–H groups in total. The summed E-state index contributed by atoms with van der Waals surface area (Å²) >= 11 is 0. The van der Waals surface area contributed by atoms with E-state index in [1.54, 1.807) is 0 Å². The Morgan fingerprint density at radius 3 is 2.33 bits per heavy atom. The number of hydrogen-bond donors (Lipinski definition) is 1. The van der Waals surface area contributed by atoms with Crippen molar-refractivity contribution in [2.75, 3.05) is 19.7 Å². The zero-order chi connectivity index (χ0) is 9.19. The van der Waals surface area contributed by atoms with Crippen LogP contribution in [-0.4, -0.2) is 34.6 Å². The van der Waals surface area contributed by atoms with E-state index in [0.29, 0.717) is 11.1 Å². The molecule has 0 aromatic rings. The van der Waals surface area contributed by atoms with Gasteiger partial charge in [0, 0.05) is 28.5 Å². The van der Waals surface area contributed by atoms with Crippen LogP contribution in [0.2, 0.25) is 18.1 Å². The summed E-state index contributed by atoms with van der Waals surface area (Å²) in [5, 5.41) is 3.67. The van der Waals surface area contributed by atoms with Gasteiger partial charge in [0.2, 0.25) is 0 Å². The molecule has 0 radical (unpaired) electrons. The molecule has 1 aliphatic rings. The van der Waals surface area contributed by atoms with Crippen molar-refractivity contribution in [3.63, 3.8) is 0 Å². The summed E-state index contributed by atoms with van der Waals surface area (Å²) in [6.07, 6.45) is 0.497. The molecule has 1 heterocycles. The fraction of sp³-hybridized carbons (Fsp3) is 1.00. The molecule has 1 saturated heterocycles. The quantitative estimate of drug-likeness (QED) is 0.669. The lowest BCUT2D eigenvalue weighted by atomic mass is 10.2. The smallest absolute Gasteiger partial charge is 0.0823 e. The highest BCUT2D eigenvalue weighted by atomic mass is 28.3. The van der Waals surface area contributed by atoms with E-state index in [2.05, 4.69) is 32.3 Å². The molecule has 1 fully saturated rings. The van der Waals surface area contributed by atoms with Crippen molar-refractivity contribution >= 4 is 8.80 Å². The van der Waals surface area contributed by atoms with Crippen molar-refractivity contribution in [3.05, 3.63) is 0 Å². The normalized spacial score (nSPS) is 19.8. The Bertz CT molecular complexity index is 143. The van der Waals surface area contributed by atoms with E-state index in [-0.39, 0.29) is 0 Å². The van der Waals surface area contributed by atoms with Crippen molar-refractivity contribution in [2.45, 2.75) is 38.1 Å². The molecule has 0 spiro atoms. The minimum absolute atomic E-state index is 0.454. The second kappa shape index (κ2) is 3.90. The Labute approximate surface area is 77.3 Å². The average molecular weight is 187 g/mol. The van der Waals surface area contributed by atoms with Crippen molar-refractivity contribution in [3.8, 4) is 0 Å². The van der Waals surface area contributed by atoms with Gasteiger partial charge in [-0.15, -0.1) is 0 Å². The molecule has 1 rings (SSSR count). The molecule has 2 nitrogen and oxygen atoms in total. The van der Waals surface area contributed by atoms with E-state index in [9.17, 15) is 0 Å². The molecule has 1 aliphatic heterocycles. The van der Waals surface area contributed by atoms with E-state index < -0.39 is 8.80 Å². The maximum absolute atomic E-state index is 5.78. The van der Waals surface area contributed by atoms with Crippen LogP contribution in [-0.2, 0) is 4.74 Å². The lowest BCUT2D eigenvalue weighted by Gasteiger charge is -2.34. The number of ether oxygens (including phenoxy) is 1. The SMILES string of the molecule is C[SiH](C)C(C)(C)COC1CNC1. The second-order valence-electron chi connectivity index (χ2n) is 4.73. The molecule has 0 aromatic heterocycles. The van der Waals surface area contributed by atoms with E-state index in [1.165, 1.54) is 0 Å². The van der Waals surface area contributed by atoms with Crippen LogP contribution in [0.3, 0.4) is 0 Å². The summed E-state index contributed by atoms with van der Waals surface area (Å²) in [5.74, 6) is 0. The highest BCUT2D eigenvalue weighted by Crippen LogP contribution is 2.28. The Morgan fingerprint density at radius 2 is 2.00 bits per heavy atom. The molecule has 0 bridgehead atoms. The molecule has 0 aromatic carbocycles. The van der Waals surface area contributed by atoms with Gasteiger partial charge in [-0.1, -0.05) is 26.9 Å². The van der Waals surface area contributed by atoms with E-state index >= 15 is 0 Å². The lowest BCUT2D eigenvalue weighted by Crippen LogP contribution is -2.49. The molecular weight excluding hydrogens is 166 g/mol. The zero-order valence-electron chi connectivity index (χ0n) is 8.68. The molecule has 72 valence electrons. The first-order valence-corrected chi connectivity index (χ1v) is 7.73. The van der Waals surface area contributed by atoms with Crippen LogP contribution >= 0.6 is 0 Å². The molecule has 0 unspecified atom stereocenters. The van der Waals surface area contributed by atoms with E-state index in [0.717, 1.165) is 19.7 Å². The van der Waals surface area contributed by atoms with Crippen LogP contribution < -0.4 is 5.32 Å². The van der Waals surface area contributed by atoms with Crippen LogP contribution in [0.25, 0.3) is 0 Å². The highest BCUT2D eigenvalue weighted by molar-refractivity contribution is 6.59. The van der Waals surface area contributed by atoms with Crippen LogP contribution in [0.5, 0.6) is 0 Å². The fourth-order valence-corrected chi connectivity index (χ4v) is 1.31.